The molecule has 7 nitrogen and oxygen atoms in total. The zero-order valence-corrected chi connectivity index (χ0v) is 20.4. The van der Waals surface area contributed by atoms with Crippen LogP contribution in [0.2, 0.25) is 0 Å². The lowest BCUT2D eigenvalue weighted by Crippen LogP contribution is -2.60. The van der Waals surface area contributed by atoms with Gasteiger partial charge in [-0.05, 0) is 36.0 Å². The predicted octanol–water partition coefficient (Wildman–Crippen LogP) is 3.07. The summed E-state index contributed by atoms with van der Waals surface area (Å²) in [5.74, 6) is 2.35. The van der Waals surface area contributed by atoms with Crippen LogP contribution in [0.25, 0.3) is 0 Å². The van der Waals surface area contributed by atoms with E-state index in [1.54, 1.807) is 14.2 Å². The molecule has 32 heavy (non-hydrogen) atoms. The van der Waals surface area contributed by atoms with Crippen molar-refractivity contribution in [1.82, 2.24) is 15.1 Å². The lowest BCUT2D eigenvalue weighted by molar-refractivity contribution is -0.137. The fraction of sp³-hybridized carbons (Fsp3) is 0.680. The lowest BCUT2D eigenvalue weighted by Gasteiger charge is -2.45. The van der Waals surface area contributed by atoms with E-state index in [2.05, 4.69) is 33.0 Å². The van der Waals surface area contributed by atoms with Gasteiger partial charge in [-0.2, -0.15) is 0 Å². The third kappa shape index (κ3) is 5.03. The van der Waals surface area contributed by atoms with Crippen LogP contribution in [0.15, 0.2) is 18.2 Å². The summed E-state index contributed by atoms with van der Waals surface area (Å²) < 4.78 is 10.8. The number of rotatable bonds is 8. The molecule has 0 radical (unpaired) electrons. The van der Waals surface area contributed by atoms with Crippen LogP contribution in [0.1, 0.15) is 52.5 Å². The van der Waals surface area contributed by atoms with E-state index < -0.39 is 0 Å². The van der Waals surface area contributed by atoms with Crippen molar-refractivity contribution in [3.63, 3.8) is 0 Å². The van der Waals surface area contributed by atoms with Gasteiger partial charge in [0.25, 0.3) is 0 Å². The predicted molar refractivity (Wildman–Crippen MR) is 125 cm³/mol. The summed E-state index contributed by atoms with van der Waals surface area (Å²) in [7, 11) is 3.26. The van der Waals surface area contributed by atoms with Gasteiger partial charge in [-0.15, -0.1) is 0 Å². The van der Waals surface area contributed by atoms with Crippen LogP contribution >= 0.6 is 0 Å². The summed E-state index contributed by atoms with van der Waals surface area (Å²) in [6.45, 7) is 10.3. The van der Waals surface area contributed by atoms with E-state index in [9.17, 15) is 9.59 Å². The maximum atomic E-state index is 13.4. The number of nitrogens with one attached hydrogen (secondary N) is 1. The molecule has 0 aliphatic carbocycles. The number of methoxy groups -OCH3 is 2. The minimum absolute atomic E-state index is 0.169. The van der Waals surface area contributed by atoms with Gasteiger partial charge in [-0.1, -0.05) is 33.8 Å². The number of piperidine rings is 1. The summed E-state index contributed by atoms with van der Waals surface area (Å²) >= 11 is 0. The zero-order chi connectivity index (χ0) is 23.5. The minimum Gasteiger partial charge on any atom is -0.493 e. The summed E-state index contributed by atoms with van der Waals surface area (Å²) in [4.78, 5) is 29.9. The zero-order valence-electron chi connectivity index (χ0n) is 20.4. The van der Waals surface area contributed by atoms with Gasteiger partial charge in [-0.3, -0.25) is 14.9 Å². The van der Waals surface area contributed by atoms with Gasteiger partial charge >= 0.3 is 0 Å². The highest BCUT2D eigenvalue weighted by atomic mass is 16.5. The third-order valence-corrected chi connectivity index (χ3v) is 6.74. The number of carbonyl (C=O) groups is 2. The second kappa shape index (κ2) is 10.1. The molecule has 3 rings (SSSR count). The fourth-order valence-corrected chi connectivity index (χ4v) is 4.88. The summed E-state index contributed by atoms with van der Waals surface area (Å²) in [6.07, 6.45) is 2.84. The van der Waals surface area contributed by atoms with E-state index in [1.165, 1.54) is 0 Å². The molecule has 0 bridgehead atoms. The van der Waals surface area contributed by atoms with Crippen LogP contribution in [0.5, 0.6) is 11.5 Å². The summed E-state index contributed by atoms with van der Waals surface area (Å²) in [5.41, 5.74) is 0.722. The van der Waals surface area contributed by atoms with Gasteiger partial charge in [0.2, 0.25) is 11.8 Å². The Kier molecular flexibility index (Phi) is 7.70. The van der Waals surface area contributed by atoms with E-state index in [1.807, 2.05) is 28.0 Å². The number of amides is 2. The molecule has 2 fully saturated rings. The molecule has 2 aliphatic rings. The SMILES string of the molecule is COc1ccc(CCN2C(=O)C(C(C)C)NC23CCN(C(=O)CC(C)C)CC3)cc1OC. The second-order valence-corrected chi connectivity index (χ2v) is 9.81. The van der Waals surface area contributed by atoms with E-state index in [4.69, 9.17) is 9.47 Å². The van der Waals surface area contributed by atoms with Crippen LogP contribution in [0.4, 0.5) is 0 Å². The van der Waals surface area contributed by atoms with Gasteiger partial charge in [0.15, 0.2) is 11.5 Å². The highest BCUT2D eigenvalue weighted by molar-refractivity contribution is 5.85. The number of ether oxygens (including phenoxy) is 2. The van der Waals surface area contributed by atoms with E-state index in [0.717, 1.165) is 24.8 Å². The van der Waals surface area contributed by atoms with Gasteiger partial charge in [0.05, 0.1) is 25.9 Å². The molecule has 1 unspecified atom stereocenters. The van der Waals surface area contributed by atoms with E-state index >= 15 is 0 Å². The van der Waals surface area contributed by atoms with Crippen molar-refractivity contribution in [2.45, 2.75) is 65.1 Å². The Morgan fingerprint density at radius 1 is 1.12 bits per heavy atom. The van der Waals surface area contributed by atoms with Crippen molar-refractivity contribution in [2.75, 3.05) is 33.9 Å². The molecule has 178 valence electrons. The molecule has 0 aromatic heterocycles. The third-order valence-electron chi connectivity index (χ3n) is 6.74. The maximum Gasteiger partial charge on any atom is 0.241 e. The van der Waals surface area contributed by atoms with Gasteiger partial charge < -0.3 is 19.3 Å². The van der Waals surface area contributed by atoms with Crippen molar-refractivity contribution in [3.05, 3.63) is 23.8 Å². The summed E-state index contributed by atoms with van der Waals surface area (Å²) in [6, 6.07) is 5.73. The van der Waals surface area contributed by atoms with Crippen molar-refractivity contribution in [3.8, 4) is 11.5 Å². The van der Waals surface area contributed by atoms with Crippen LogP contribution in [-0.2, 0) is 16.0 Å². The molecule has 1 spiro atoms. The first-order valence-corrected chi connectivity index (χ1v) is 11.8. The molecule has 2 heterocycles. The van der Waals surface area contributed by atoms with E-state index in [-0.39, 0.29) is 29.4 Å². The Morgan fingerprint density at radius 3 is 2.34 bits per heavy atom. The number of carbonyl (C=O) groups excluding carboxylic acids is 2. The fourth-order valence-electron chi connectivity index (χ4n) is 4.88. The molecular weight excluding hydrogens is 406 g/mol. The number of benzene rings is 1. The minimum atomic E-state index is -0.378. The Bertz CT molecular complexity index is 815. The van der Waals surface area contributed by atoms with Gasteiger partial charge in [-0.25, -0.2) is 0 Å². The van der Waals surface area contributed by atoms with Crippen molar-refractivity contribution >= 4 is 11.8 Å². The van der Waals surface area contributed by atoms with Crippen LogP contribution < -0.4 is 14.8 Å². The van der Waals surface area contributed by atoms with Crippen LogP contribution in [0.3, 0.4) is 0 Å². The molecule has 2 amide bonds. The van der Waals surface area contributed by atoms with Crippen LogP contribution in [0, 0.1) is 11.8 Å². The molecule has 1 atom stereocenters. The summed E-state index contributed by atoms with van der Waals surface area (Å²) in [5, 5.41) is 3.68. The molecule has 2 saturated heterocycles. The van der Waals surface area contributed by atoms with Crippen molar-refractivity contribution in [1.29, 1.82) is 0 Å². The smallest absolute Gasteiger partial charge is 0.241 e. The average Bonchev–Trinajstić information content (AvgIpc) is 3.03. The van der Waals surface area contributed by atoms with Crippen molar-refractivity contribution < 1.29 is 19.1 Å². The Labute approximate surface area is 192 Å². The highest BCUT2D eigenvalue weighted by Crippen LogP contribution is 2.35. The topological polar surface area (TPSA) is 71.1 Å². The van der Waals surface area contributed by atoms with Gasteiger partial charge in [0.1, 0.15) is 0 Å². The average molecular weight is 446 g/mol. The lowest BCUT2D eigenvalue weighted by atomic mass is 9.94. The van der Waals surface area contributed by atoms with Crippen LogP contribution in [-0.4, -0.2) is 67.2 Å². The quantitative estimate of drug-likeness (QED) is 0.666. The first-order chi connectivity index (χ1) is 15.2. The molecule has 7 heteroatoms. The second-order valence-electron chi connectivity index (χ2n) is 9.81. The monoisotopic (exact) mass is 445 g/mol. The Morgan fingerprint density at radius 2 is 1.78 bits per heavy atom. The number of likely N-dealkylation sites (tertiary alicyclic amines) is 1. The normalized spacial score (nSPS) is 20.5. The first kappa shape index (κ1) is 24.4. The number of nitrogens with zero attached hydrogens (tertiary/aromatic N) is 2. The van der Waals surface area contributed by atoms with E-state index in [0.29, 0.717) is 43.5 Å². The molecular formula is C25H39N3O4. The molecule has 0 saturated carbocycles. The molecule has 2 aliphatic heterocycles. The molecule has 1 aromatic rings. The molecule has 1 aromatic carbocycles. The largest absolute Gasteiger partial charge is 0.493 e. The highest BCUT2D eigenvalue weighted by Gasteiger charge is 2.52. The molecule has 1 N–H and O–H groups in total. The standard InChI is InChI=1S/C25H39N3O4/c1-17(2)15-22(29)27-13-10-25(11-14-27)26-23(18(3)4)24(30)28(25)12-9-19-7-8-20(31-5)21(16-19)32-6/h7-8,16-18,23,26H,9-15H2,1-6H3. The first-order valence-electron chi connectivity index (χ1n) is 11.8. The van der Waals surface area contributed by atoms with Gasteiger partial charge in [0, 0.05) is 38.9 Å². The Balaban J connectivity index is 1.74. The Hall–Kier alpha value is -2.28. The number of hydrogen-bond donors (Lipinski definition) is 1. The van der Waals surface area contributed by atoms with Crippen molar-refractivity contribution in [2.24, 2.45) is 11.8 Å². The number of hydrogen-bond acceptors (Lipinski definition) is 5. The maximum absolute atomic E-state index is 13.4.